The molecule has 9 nitrogen and oxygen atoms in total. The molecule has 4 rings (SSSR count). The Labute approximate surface area is 199 Å². The first-order valence-electron chi connectivity index (χ1n) is 11.8. The number of rotatable bonds is 11. The molecule has 2 fully saturated rings. The van der Waals surface area contributed by atoms with Crippen molar-refractivity contribution in [2.24, 2.45) is 0 Å². The van der Waals surface area contributed by atoms with Gasteiger partial charge in [0, 0.05) is 37.7 Å². The first-order valence-corrected chi connectivity index (χ1v) is 12.7. The third-order valence-electron chi connectivity index (χ3n) is 5.62. The molecule has 1 N–H and O–H groups in total. The van der Waals surface area contributed by atoms with Gasteiger partial charge in [0.15, 0.2) is 5.16 Å². The molecule has 2 aliphatic rings. The number of amides is 1. The summed E-state index contributed by atoms with van der Waals surface area (Å²) in [5, 5.41) is 12.5. The lowest BCUT2D eigenvalue weighted by atomic mass is 10.2. The van der Waals surface area contributed by atoms with Crippen LogP contribution in [0.3, 0.4) is 0 Å². The maximum Gasteiger partial charge on any atom is 0.234 e. The van der Waals surface area contributed by atoms with E-state index in [1.807, 2.05) is 26.0 Å². The summed E-state index contributed by atoms with van der Waals surface area (Å²) in [7, 11) is 0. The van der Waals surface area contributed by atoms with Gasteiger partial charge in [0.05, 0.1) is 43.6 Å². The van der Waals surface area contributed by atoms with Crippen LogP contribution in [0.4, 0.5) is 11.4 Å². The summed E-state index contributed by atoms with van der Waals surface area (Å²) in [5.74, 6) is 3.04. The van der Waals surface area contributed by atoms with E-state index in [9.17, 15) is 4.79 Å². The highest BCUT2D eigenvalue weighted by Gasteiger charge is 2.30. The van der Waals surface area contributed by atoms with Crippen molar-refractivity contribution >= 4 is 29.0 Å². The lowest BCUT2D eigenvalue weighted by Gasteiger charge is -2.31. The van der Waals surface area contributed by atoms with Crippen LogP contribution in [0, 0.1) is 0 Å². The van der Waals surface area contributed by atoms with Crippen LogP contribution in [0.15, 0.2) is 17.3 Å². The molecule has 0 bridgehead atoms. The Kier molecular flexibility index (Phi) is 7.97. The minimum atomic E-state index is -0.124. The Balaban J connectivity index is 1.48. The number of benzene rings is 1. The Morgan fingerprint density at radius 1 is 1.12 bits per heavy atom. The summed E-state index contributed by atoms with van der Waals surface area (Å²) in [6.45, 7) is 10.7. The fourth-order valence-corrected chi connectivity index (χ4v) is 4.72. The molecule has 0 spiro atoms. The van der Waals surface area contributed by atoms with E-state index in [-0.39, 0.29) is 11.7 Å². The number of aromatic nitrogens is 3. The number of anilines is 2. The number of carbonyl (C=O) groups excluding carboxylic acids is 1. The molecule has 10 heteroatoms. The van der Waals surface area contributed by atoms with Crippen LogP contribution in [0.5, 0.6) is 11.5 Å². The molecule has 1 amide bonds. The van der Waals surface area contributed by atoms with Gasteiger partial charge in [-0.25, -0.2) is 0 Å². The number of hydrogen-bond donors (Lipinski definition) is 1. The van der Waals surface area contributed by atoms with Gasteiger partial charge in [-0.2, -0.15) is 0 Å². The number of ether oxygens (including phenoxy) is 3. The van der Waals surface area contributed by atoms with Crippen molar-refractivity contribution in [3.05, 3.63) is 18.0 Å². The van der Waals surface area contributed by atoms with Crippen LogP contribution in [-0.2, 0) is 16.1 Å². The smallest absolute Gasteiger partial charge is 0.234 e. The van der Waals surface area contributed by atoms with Gasteiger partial charge >= 0.3 is 0 Å². The highest BCUT2D eigenvalue weighted by atomic mass is 32.2. The average Bonchev–Trinajstić information content (AvgIpc) is 3.59. The molecule has 2 aromatic rings. The molecular weight excluding hydrogens is 442 g/mol. The Hall–Kier alpha value is -2.46. The second kappa shape index (κ2) is 11.1. The van der Waals surface area contributed by atoms with Gasteiger partial charge in [-0.3, -0.25) is 4.79 Å². The number of thioether (sulfide) groups is 1. The van der Waals surface area contributed by atoms with Crippen LogP contribution in [0.25, 0.3) is 0 Å². The van der Waals surface area contributed by atoms with Crippen LogP contribution in [0.1, 0.15) is 45.4 Å². The Morgan fingerprint density at radius 2 is 1.85 bits per heavy atom. The second-order valence-electron chi connectivity index (χ2n) is 7.98. The van der Waals surface area contributed by atoms with Crippen molar-refractivity contribution in [1.82, 2.24) is 14.8 Å². The highest BCUT2D eigenvalue weighted by Crippen LogP contribution is 2.41. The van der Waals surface area contributed by atoms with E-state index in [1.165, 1.54) is 24.6 Å². The van der Waals surface area contributed by atoms with Gasteiger partial charge in [-0.15, -0.1) is 10.2 Å². The molecule has 180 valence electrons. The van der Waals surface area contributed by atoms with Crippen molar-refractivity contribution < 1.29 is 19.0 Å². The van der Waals surface area contributed by atoms with E-state index >= 15 is 0 Å². The van der Waals surface area contributed by atoms with Crippen molar-refractivity contribution in [1.29, 1.82) is 0 Å². The largest absolute Gasteiger partial charge is 0.492 e. The number of hydrogen-bond acceptors (Lipinski definition) is 8. The molecule has 1 aliphatic carbocycles. The summed E-state index contributed by atoms with van der Waals surface area (Å²) in [6, 6.07) is 3.82. The molecule has 1 saturated heterocycles. The first-order chi connectivity index (χ1) is 16.1. The van der Waals surface area contributed by atoms with Crippen LogP contribution in [0.2, 0.25) is 0 Å². The van der Waals surface area contributed by atoms with Crippen LogP contribution < -0.4 is 19.7 Å². The SMILES string of the molecule is CCOc1cc(N2CCOCC2)c(OCC)cc1NC(=O)CSc1nnc(C2CC2)n1CC. The summed E-state index contributed by atoms with van der Waals surface area (Å²) in [6.07, 6.45) is 2.35. The number of morpholine rings is 1. The highest BCUT2D eigenvalue weighted by molar-refractivity contribution is 7.99. The first kappa shape index (κ1) is 23.7. The predicted molar refractivity (Wildman–Crippen MR) is 129 cm³/mol. The number of nitrogens with one attached hydrogen (secondary N) is 1. The third-order valence-corrected chi connectivity index (χ3v) is 6.59. The predicted octanol–water partition coefficient (Wildman–Crippen LogP) is 3.54. The minimum absolute atomic E-state index is 0.124. The molecule has 33 heavy (non-hydrogen) atoms. The van der Waals surface area contributed by atoms with Gasteiger partial charge < -0.3 is 29.0 Å². The molecule has 1 aliphatic heterocycles. The molecule has 0 unspecified atom stereocenters. The zero-order valence-electron chi connectivity index (χ0n) is 19.6. The zero-order valence-corrected chi connectivity index (χ0v) is 20.4. The number of nitrogens with zero attached hydrogens (tertiary/aromatic N) is 4. The molecule has 0 atom stereocenters. The summed E-state index contributed by atoms with van der Waals surface area (Å²) in [5.41, 5.74) is 1.57. The van der Waals surface area contributed by atoms with E-state index in [4.69, 9.17) is 14.2 Å². The van der Waals surface area contributed by atoms with E-state index < -0.39 is 0 Å². The molecule has 0 radical (unpaired) electrons. The summed E-state index contributed by atoms with van der Waals surface area (Å²) >= 11 is 1.41. The fourth-order valence-electron chi connectivity index (χ4n) is 3.91. The lowest BCUT2D eigenvalue weighted by molar-refractivity contribution is -0.113. The van der Waals surface area contributed by atoms with Crippen molar-refractivity contribution in [3.8, 4) is 11.5 Å². The standard InChI is InChI=1S/C23H33N5O4S/c1-4-28-22(16-7-8-16)25-26-23(28)33-15-21(29)24-17-13-20(32-6-3)18(14-19(17)31-5-2)27-9-11-30-12-10-27/h13-14,16H,4-12,15H2,1-3H3,(H,24,29). The third kappa shape index (κ3) is 5.73. The molecule has 1 aromatic carbocycles. The minimum Gasteiger partial charge on any atom is -0.492 e. The van der Waals surface area contributed by atoms with E-state index in [0.717, 1.165) is 42.1 Å². The molecular formula is C23H33N5O4S. The van der Waals surface area contributed by atoms with Crippen LogP contribution in [-0.4, -0.2) is 65.9 Å². The molecule has 2 heterocycles. The van der Waals surface area contributed by atoms with Gasteiger partial charge in [0.25, 0.3) is 0 Å². The van der Waals surface area contributed by atoms with E-state index in [0.29, 0.717) is 43.8 Å². The topological polar surface area (TPSA) is 90.7 Å². The lowest BCUT2D eigenvalue weighted by Crippen LogP contribution is -2.36. The summed E-state index contributed by atoms with van der Waals surface area (Å²) in [4.78, 5) is 15.1. The van der Waals surface area contributed by atoms with Crippen molar-refractivity contribution in [3.63, 3.8) is 0 Å². The maximum absolute atomic E-state index is 12.8. The Bertz CT molecular complexity index is 957. The van der Waals surface area contributed by atoms with E-state index in [2.05, 4.69) is 31.9 Å². The molecule has 1 aromatic heterocycles. The van der Waals surface area contributed by atoms with Gasteiger partial charge in [-0.05, 0) is 33.6 Å². The second-order valence-corrected chi connectivity index (χ2v) is 8.92. The van der Waals surface area contributed by atoms with Gasteiger partial charge in [-0.1, -0.05) is 11.8 Å². The van der Waals surface area contributed by atoms with Crippen molar-refractivity contribution in [2.75, 3.05) is 55.5 Å². The maximum atomic E-state index is 12.8. The normalized spacial score (nSPS) is 16.0. The monoisotopic (exact) mass is 475 g/mol. The Morgan fingerprint density at radius 3 is 2.52 bits per heavy atom. The van der Waals surface area contributed by atoms with Crippen molar-refractivity contribution in [2.45, 2.75) is 51.2 Å². The summed E-state index contributed by atoms with van der Waals surface area (Å²) < 4.78 is 19.4. The van der Waals surface area contributed by atoms with Gasteiger partial charge in [0.1, 0.15) is 17.3 Å². The zero-order chi connectivity index (χ0) is 23.2. The quantitative estimate of drug-likeness (QED) is 0.494. The fraction of sp³-hybridized carbons (Fsp3) is 0.609. The van der Waals surface area contributed by atoms with E-state index in [1.54, 1.807) is 0 Å². The molecule has 1 saturated carbocycles. The number of carbonyl (C=O) groups is 1. The van der Waals surface area contributed by atoms with Gasteiger partial charge in [0.2, 0.25) is 5.91 Å². The average molecular weight is 476 g/mol. The van der Waals surface area contributed by atoms with Crippen LogP contribution >= 0.6 is 11.8 Å².